The summed E-state index contributed by atoms with van der Waals surface area (Å²) in [5, 5.41) is 20.2. The SMILES string of the molecule is COc1ccc(/C=C/C(=O)c2ccc(O)cc2O)cc1COc1cc(Cl)c(Cl)cc1Cl. The normalized spacial score (nSPS) is 11.0. The predicted octanol–water partition coefficient (Wildman–Crippen LogP) is 6.54. The minimum Gasteiger partial charge on any atom is -0.508 e. The second-order valence-corrected chi connectivity index (χ2v) is 7.68. The number of ether oxygens (including phenoxy) is 2. The summed E-state index contributed by atoms with van der Waals surface area (Å²) >= 11 is 18.1. The zero-order valence-corrected chi connectivity index (χ0v) is 18.5. The maximum Gasteiger partial charge on any atom is 0.189 e. The van der Waals surface area contributed by atoms with E-state index in [-0.39, 0.29) is 23.7 Å². The molecule has 0 aliphatic heterocycles. The summed E-state index contributed by atoms with van der Waals surface area (Å²) in [4.78, 5) is 12.4. The highest BCUT2D eigenvalue weighted by atomic mass is 35.5. The van der Waals surface area contributed by atoms with Gasteiger partial charge in [0.2, 0.25) is 0 Å². The Labute approximate surface area is 194 Å². The summed E-state index contributed by atoms with van der Waals surface area (Å²) in [6.45, 7) is 0.134. The van der Waals surface area contributed by atoms with Gasteiger partial charge in [-0.3, -0.25) is 4.79 Å². The number of methoxy groups -OCH3 is 1. The lowest BCUT2D eigenvalue weighted by molar-refractivity contribution is 0.104. The van der Waals surface area contributed by atoms with Gasteiger partial charge in [0.05, 0.1) is 27.7 Å². The molecule has 3 aromatic carbocycles. The molecule has 0 atom stereocenters. The smallest absolute Gasteiger partial charge is 0.189 e. The van der Waals surface area contributed by atoms with Crippen molar-refractivity contribution in [1.82, 2.24) is 0 Å². The summed E-state index contributed by atoms with van der Waals surface area (Å²) in [6, 6.07) is 12.1. The van der Waals surface area contributed by atoms with E-state index in [1.54, 1.807) is 24.3 Å². The average molecular weight is 480 g/mol. The number of hydrogen-bond acceptors (Lipinski definition) is 5. The molecule has 0 saturated carbocycles. The number of benzene rings is 3. The molecule has 0 fully saturated rings. The molecule has 2 N–H and O–H groups in total. The van der Waals surface area contributed by atoms with E-state index in [0.717, 1.165) is 6.07 Å². The Morgan fingerprint density at radius 2 is 1.68 bits per heavy atom. The van der Waals surface area contributed by atoms with Crippen molar-refractivity contribution in [2.45, 2.75) is 6.61 Å². The van der Waals surface area contributed by atoms with Crippen molar-refractivity contribution < 1.29 is 24.5 Å². The molecule has 8 heteroatoms. The monoisotopic (exact) mass is 478 g/mol. The third-order valence-corrected chi connectivity index (χ3v) is 5.35. The van der Waals surface area contributed by atoms with E-state index in [0.29, 0.717) is 37.7 Å². The van der Waals surface area contributed by atoms with Crippen molar-refractivity contribution in [3.63, 3.8) is 0 Å². The molecule has 0 heterocycles. The highest BCUT2D eigenvalue weighted by Gasteiger charge is 2.11. The fourth-order valence-corrected chi connectivity index (χ4v) is 3.37. The predicted molar refractivity (Wildman–Crippen MR) is 122 cm³/mol. The number of carbonyl (C=O) groups excluding carboxylic acids is 1. The highest BCUT2D eigenvalue weighted by molar-refractivity contribution is 6.43. The molecule has 3 aromatic rings. The van der Waals surface area contributed by atoms with Crippen LogP contribution in [0.4, 0.5) is 0 Å². The highest BCUT2D eigenvalue weighted by Crippen LogP contribution is 2.35. The molecule has 3 rings (SSSR count). The van der Waals surface area contributed by atoms with Gasteiger partial charge in [-0.25, -0.2) is 0 Å². The van der Waals surface area contributed by atoms with Crippen LogP contribution in [0.3, 0.4) is 0 Å². The third-order valence-electron chi connectivity index (χ3n) is 4.34. The number of hydrogen-bond donors (Lipinski definition) is 2. The van der Waals surface area contributed by atoms with Crippen molar-refractivity contribution in [3.8, 4) is 23.0 Å². The molecule has 5 nitrogen and oxygen atoms in total. The second kappa shape index (κ2) is 9.96. The lowest BCUT2D eigenvalue weighted by atomic mass is 10.1. The standard InChI is InChI=1S/C23H17Cl3O5/c1-30-22-7-3-13(2-6-20(28)16-5-4-15(27)9-21(16)29)8-14(22)12-31-23-11-18(25)17(24)10-19(23)26/h2-11,27,29H,12H2,1H3/b6-2+. The number of ketones is 1. The summed E-state index contributed by atoms with van der Waals surface area (Å²) in [5.74, 6) is 0.137. The van der Waals surface area contributed by atoms with Crippen molar-refractivity contribution in [1.29, 1.82) is 0 Å². The molecule has 0 unspecified atom stereocenters. The van der Waals surface area contributed by atoms with Crippen LogP contribution >= 0.6 is 34.8 Å². The summed E-state index contributed by atoms with van der Waals surface area (Å²) < 4.78 is 11.2. The van der Waals surface area contributed by atoms with Crippen LogP contribution < -0.4 is 9.47 Å². The Balaban J connectivity index is 1.79. The molecular formula is C23H17Cl3O5. The van der Waals surface area contributed by atoms with Gasteiger partial charge in [-0.15, -0.1) is 0 Å². The average Bonchev–Trinajstić information content (AvgIpc) is 2.73. The zero-order chi connectivity index (χ0) is 22.5. The van der Waals surface area contributed by atoms with E-state index >= 15 is 0 Å². The van der Waals surface area contributed by atoms with E-state index in [4.69, 9.17) is 44.3 Å². The van der Waals surface area contributed by atoms with Gasteiger partial charge in [0.1, 0.15) is 29.6 Å². The minimum absolute atomic E-state index is 0.0837. The van der Waals surface area contributed by atoms with Crippen LogP contribution in [0.15, 0.2) is 54.6 Å². The minimum atomic E-state index is -0.409. The molecule has 0 aromatic heterocycles. The molecule has 0 aliphatic carbocycles. The topological polar surface area (TPSA) is 76.0 Å². The van der Waals surface area contributed by atoms with Gasteiger partial charge in [0, 0.05) is 17.7 Å². The molecule has 0 amide bonds. The van der Waals surface area contributed by atoms with Crippen LogP contribution in [-0.2, 0) is 6.61 Å². The zero-order valence-electron chi connectivity index (χ0n) is 16.2. The van der Waals surface area contributed by atoms with Gasteiger partial charge in [-0.2, -0.15) is 0 Å². The number of phenolic OH excluding ortho intramolecular Hbond substituents is 2. The molecule has 160 valence electrons. The van der Waals surface area contributed by atoms with E-state index in [2.05, 4.69) is 0 Å². The largest absolute Gasteiger partial charge is 0.508 e. The summed E-state index contributed by atoms with van der Waals surface area (Å²) in [5.41, 5.74) is 1.51. The molecule has 0 radical (unpaired) electrons. The lowest BCUT2D eigenvalue weighted by Crippen LogP contribution is -2.00. The van der Waals surface area contributed by atoms with Crippen LogP contribution in [0.1, 0.15) is 21.5 Å². The fraction of sp³-hybridized carbons (Fsp3) is 0.0870. The molecule has 0 saturated heterocycles. The Kier molecular flexibility index (Phi) is 7.33. The first-order chi connectivity index (χ1) is 14.8. The Morgan fingerprint density at radius 3 is 2.39 bits per heavy atom. The van der Waals surface area contributed by atoms with E-state index in [1.807, 2.05) is 0 Å². The van der Waals surface area contributed by atoms with Crippen molar-refractivity contribution in [2.75, 3.05) is 7.11 Å². The Morgan fingerprint density at radius 1 is 0.935 bits per heavy atom. The third kappa shape index (κ3) is 5.64. The number of phenols is 2. The maximum absolute atomic E-state index is 12.4. The quantitative estimate of drug-likeness (QED) is 0.228. The molecule has 31 heavy (non-hydrogen) atoms. The van der Waals surface area contributed by atoms with Crippen molar-refractivity contribution in [2.24, 2.45) is 0 Å². The first-order valence-corrected chi connectivity index (χ1v) is 10.1. The first-order valence-electron chi connectivity index (χ1n) is 8.97. The Hall–Kier alpha value is -2.86. The van der Waals surface area contributed by atoms with Crippen molar-refractivity contribution in [3.05, 3.63) is 86.4 Å². The van der Waals surface area contributed by atoms with Crippen LogP contribution in [0.2, 0.25) is 15.1 Å². The summed E-state index contributed by atoms with van der Waals surface area (Å²) in [6.07, 6.45) is 2.93. The molecule has 0 bridgehead atoms. The van der Waals surface area contributed by atoms with Gasteiger partial charge in [0.25, 0.3) is 0 Å². The molecule has 0 aliphatic rings. The fourth-order valence-electron chi connectivity index (χ4n) is 2.78. The lowest BCUT2D eigenvalue weighted by Gasteiger charge is -2.13. The van der Waals surface area contributed by atoms with Crippen LogP contribution in [0.25, 0.3) is 6.08 Å². The van der Waals surface area contributed by atoms with E-state index in [9.17, 15) is 15.0 Å². The van der Waals surface area contributed by atoms with Crippen molar-refractivity contribution >= 4 is 46.7 Å². The van der Waals surface area contributed by atoms with E-state index in [1.165, 1.54) is 37.5 Å². The maximum atomic E-state index is 12.4. The van der Waals surface area contributed by atoms with Gasteiger partial charge < -0.3 is 19.7 Å². The Bertz CT molecular complexity index is 1160. The molecule has 0 spiro atoms. The number of rotatable bonds is 7. The number of halogens is 3. The van der Waals surface area contributed by atoms with Crippen LogP contribution in [-0.4, -0.2) is 23.1 Å². The van der Waals surface area contributed by atoms with Gasteiger partial charge >= 0.3 is 0 Å². The van der Waals surface area contributed by atoms with Crippen LogP contribution in [0, 0.1) is 0 Å². The van der Waals surface area contributed by atoms with Gasteiger partial charge in [0.15, 0.2) is 5.78 Å². The number of aromatic hydroxyl groups is 2. The van der Waals surface area contributed by atoms with Crippen LogP contribution in [0.5, 0.6) is 23.0 Å². The van der Waals surface area contributed by atoms with E-state index < -0.39 is 5.78 Å². The number of allylic oxidation sites excluding steroid dienone is 1. The molecular weight excluding hydrogens is 463 g/mol. The first kappa shape index (κ1) is 22.8. The number of carbonyl (C=O) groups is 1. The van der Waals surface area contributed by atoms with Gasteiger partial charge in [-0.1, -0.05) is 46.9 Å². The van der Waals surface area contributed by atoms with Gasteiger partial charge in [-0.05, 0) is 42.0 Å². The second-order valence-electron chi connectivity index (χ2n) is 6.46. The summed E-state index contributed by atoms with van der Waals surface area (Å²) in [7, 11) is 1.54.